The normalized spacial score (nSPS) is 32.6. The Morgan fingerprint density at radius 2 is 1.94 bits per heavy atom. The van der Waals surface area contributed by atoms with Gasteiger partial charge in [-0.3, -0.25) is 0 Å². The monoisotopic (exact) mass is 224 g/mol. The predicted molar refractivity (Wildman–Crippen MR) is 69.8 cm³/mol. The average Bonchev–Trinajstić information content (AvgIpc) is 2.67. The lowest BCUT2D eigenvalue weighted by molar-refractivity contribution is 0.155. The van der Waals surface area contributed by atoms with Gasteiger partial charge in [-0.15, -0.1) is 0 Å². The standard InChI is InChI=1S/C14H28N2/c1-3-7-14(10-6-11-15-14)12-16-13(4-2)8-5-9-13/h15-16H,3-12H2,1-2H3. The van der Waals surface area contributed by atoms with E-state index in [9.17, 15) is 0 Å². The Labute approximate surface area is 101 Å². The lowest BCUT2D eigenvalue weighted by Gasteiger charge is -2.45. The van der Waals surface area contributed by atoms with Gasteiger partial charge in [0.05, 0.1) is 0 Å². The molecular weight excluding hydrogens is 196 g/mol. The Balaban J connectivity index is 1.86. The first-order valence-corrected chi connectivity index (χ1v) is 7.24. The van der Waals surface area contributed by atoms with Gasteiger partial charge in [0, 0.05) is 17.6 Å². The smallest absolute Gasteiger partial charge is 0.0306 e. The molecule has 0 aromatic carbocycles. The fourth-order valence-electron chi connectivity index (χ4n) is 3.42. The molecule has 1 heterocycles. The molecule has 2 rings (SSSR count). The highest BCUT2D eigenvalue weighted by molar-refractivity contribution is 5.01. The van der Waals surface area contributed by atoms with Crippen LogP contribution >= 0.6 is 0 Å². The van der Waals surface area contributed by atoms with Crippen LogP contribution in [0.1, 0.15) is 65.2 Å². The van der Waals surface area contributed by atoms with Gasteiger partial charge in [-0.25, -0.2) is 0 Å². The lowest BCUT2D eigenvalue weighted by Crippen LogP contribution is -2.58. The van der Waals surface area contributed by atoms with Gasteiger partial charge >= 0.3 is 0 Å². The van der Waals surface area contributed by atoms with Gasteiger partial charge in [-0.1, -0.05) is 20.3 Å². The summed E-state index contributed by atoms with van der Waals surface area (Å²) in [6, 6.07) is 0. The molecule has 94 valence electrons. The average molecular weight is 224 g/mol. The molecule has 2 N–H and O–H groups in total. The number of rotatable bonds is 6. The molecule has 16 heavy (non-hydrogen) atoms. The third-order valence-corrected chi connectivity index (χ3v) is 4.85. The van der Waals surface area contributed by atoms with Crippen LogP contribution in [-0.4, -0.2) is 24.2 Å². The number of nitrogens with one attached hydrogen (secondary N) is 2. The molecule has 1 atom stereocenters. The fourth-order valence-corrected chi connectivity index (χ4v) is 3.42. The molecule has 1 saturated carbocycles. The molecule has 2 aliphatic rings. The van der Waals surface area contributed by atoms with Crippen LogP contribution in [0.2, 0.25) is 0 Å². The highest BCUT2D eigenvalue weighted by atomic mass is 15.1. The zero-order valence-corrected chi connectivity index (χ0v) is 11.1. The van der Waals surface area contributed by atoms with Crippen molar-refractivity contribution < 1.29 is 0 Å². The molecule has 0 spiro atoms. The Hall–Kier alpha value is -0.0800. The summed E-state index contributed by atoms with van der Waals surface area (Å²) < 4.78 is 0. The molecule has 2 fully saturated rings. The molecule has 1 aliphatic carbocycles. The molecule has 1 saturated heterocycles. The summed E-state index contributed by atoms with van der Waals surface area (Å²) in [5, 5.41) is 7.64. The van der Waals surface area contributed by atoms with Gasteiger partial charge in [-0.2, -0.15) is 0 Å². The minimum atomic E-state index is 0.423. The first-order chi connectivity index (χ1) is 7.74. The Kier molecular flexibility index (Phi) is 3.91. The Morgan fingerprint density at radius 1 is 1.12 bits per heavy atom. The van der Waals surface area contributed by atoms with E-state index < -0.39 is 0 Å². The van der Waals surface area contributed by atoms with Crippen molar-refractivity contribution in [1.29, 1.82) is 0 Å². The summed E-state index contributed by atoms with van der Waals surface area (Å²) in [5.41, 5.74) is 0.928. The molecule has 0 aromatic rings. The van der Waals surface area contributed by atoms with Crippen molar-refractivity contribution in [3.63, 3.8) is 0 Å². The fraction of sp³-hybridized carbons (Fsp3) is 1.00. The van der Waals surface area contributed by atoms with Crippen molar-refractivity contribution in [3.8, 4) is 0 Å². The summed E-state index contributed by atoms with van der Waals surface area (Å²) in [6.07, 6.45) is 10.9. The van der Waals surface area contributed by atoms with Gasteiger partial charge in [-0.05, 0) is 51.5 Å². The summed E-state index contributed by atoms with van der Waals surface area (Å²) >= 11 is 0. The van der Waals surface area contributed by atoms with Crippen molar-refractivity contribution >= 4 is 0 Å². The maximum atomic E-state index is 3.89. The molecule has 0 bridgehead atoms. The highest BCUT2D eigenvalue weighted by Gasteiger charge is 2.39. The third kappa shape index (κ3) is 2.43. The van der Waals surface area contributed by atoms with Crippen LogP contribution in [0, 0.1) is 0 Å². The van der Waals surface area contributed by atoms with Gasteiger partial charge < -0.3 is 10.6 Å². The molecular formula is C14H28N2. The predicted octanol–water partition coefficient (Wildman–Crippen LogP) is 2.83. The third-order valence-electron chi connectivity index (χ3n) is 4.85. The molecule has 1 unspecified atom stereocenters. The lowest BCUT2D eigenvalue weighted by atomic mass is 9.74. The van der Waals surface area contributed by atoms with Crippen LogP contribution in [0.4, 0.5) is 0 Å². The molecule has 0 aromatic heterocycles. The quantitative estimate of drug-likeness (QED) is 0.725. The molecule has 1 aliphatic heterocycles. The number of hydrogen-bond donors (Lipinski definition) is 2. The second-order valence-corrected chi connectivity index (χ2v) is 5.90. The minimum absolute atomic E-state index is 0.423. The van der Waals surface area contributed by atoms with E-state index >= 15 is 0 Å². The van der Waals surface area contributed by atoms with Crippen molar-refractivity contribution in [2.75, 3.05) is 13.1 Å². The Morgan fingerprint density at radius 3 is 2.38 bits per heavy atom. The van der Waals surface area contributed by atoms with Crippen molar-refractivity contribution in [3.05, 3.63) is 0 Å². The molecule has 2 nitrogen and oxygen atoms in total. The number of hydrogen-bond acceptors (Lipinski definition) is 2. The first kappa shape index (κ1) is 12.4. The van der Waals surface area contributed by atoms with E-state index in [4.69, 9.17) is 0 Å². The van der Waals surface area contributed by atoms with E-state index in [-0.39, 0.29) is 0 Å². The van der Waals surface area contributed by atoms with E-state index in [0.717, 1.165) is 0 Å². The largest absolute Gasteiger partial charge is 0.310 e. The van der Waals surface area contributed by atoms with E-state index in [1.807, 2.05) is 0 Å². The van der Waals surface area contributed by atoms with Crippen LogP contribution in [0.3, 0.4) is 0 Å². The second kappa shape index (κ2) is 5.05. The highest BCUT2D eigenvalue weighted by Crippen LogP contribution is 2.35. The summed E-state index contributed by atoms with van der Waals surface area (Å²) in [5.74, 6) is 0. The maximum Gasteiger partial charge on any atom is 0.0306 e. The van der Waals surface area contributed by atoms with Crippen LogP contribution < -0.4 is 10.6 Å². The van der Waals surface area contributed by atoms with Crippen molar-refractivity contribution in [2.45, 2.75) is 76.3 Å². The van der Waals surface area contributed by atoms with Gasteiger partial charge in [0.25, 0.3) is 0 Å². The van der Waals surface area contributed by atoms with Crippen molar-refractivity contribution in [2.24, 2.45) is 0 Å². The minimum Gasteiger partial charge on any atom is -0.310 e. The van der Waals surface area contributed by atoms with E-state index in [1.165, 1.54) is 64.5 Å². The summed E-state index contributed by atoms with van der Waals surface area (Å²) in [7, 11) is 0. The summed E-state index contributed by atoms with van der Waals surface area (Å²) in [4.78, 5) is 0. The topological polar surface area (TPSA) is 24.1 Å². The van der Waals surface area contributed by atoms with Crippen LogP contribution in [0.5, 0.6) is 0 Å². The van der Waals surface area contributed by atoms with Crippen LogP contribution in [0.25, 0.3) is 0 Å². The van der Waals surface area contributed by atoms with E-state index in [1.54, 1.807) is 0 Å². The van der Waals surface area contributed by atoms with Gasteiger partial charge in [0.2, 0.25) is 0 Å². The van der Waals surface area contributed by atoms with E-state index in [2.05, 4.69) is 24.5 Å². The SMILES string of the molecule is CCCC1(CNC2(CC)CCC2)CCCN1. The van der Waals surface area contributed by atoms with Crippen LogP contribution in [-0.2, 0) is 0 Å². The zero-order valence-electron chi connectivity index (χ0n) is 11.1. The Bertz CT molecular complexity index is 209. The molecule has 2 heteroatoms. The maximum absolute atomic E-state index is 3.89. The molecule has 0 radical (unpaired) electrons. The second-order valence-electron chi connectivity index (χ2n) is 5.90. The zero-order chi connectivity index (χ0) is 11.5. The molecule has 0 amide bonds. The first-order valence-electron chi connectivity index (χ1n) is 7.24. The van der Waals surface area contributed by atoms with Crippen LogP contribution in [0.15, 0.2) is 0 Å². The van der Waals surface area contributed by atoms with Gasteiger partial charge in [0.15, 0.2) is 0 Å². The van der Waals surface area contributed by atoms with Crippen molar-refractivity contribution in [1.82, 2.24) is 10.6 Å². The summed E-state index contributed by atoms with van der Waals surface area (Å²) in [6.45, 7) is 7.05. The van der Waals surface area contributed by atoms with Gasteiger partial charge in [0.1, 0.15) is 0 Å². The van der Waals surface area contributed by atoms with E-state index in [0.29, 0.717) is 11.1 Å².